The van der Waals surface area contributed by atoms with Crippen LogP contribution >= 0.6 is 0 Å². The van der Waals surface area contributed by atoms with E-state index in [1.807, 2.05) is 16.7 Å². The number of rotatable bonds is 2. The van der Waals surface area contributed by atoms with E-state index in [1.165, 1.54) is 0 Å². The van der Waals surface area contributed by atoms with Crippen molar-refractivity contribution in [2.45, 2.75) is 40.0 Å². The molecule has 0 saturated carbocycles. The van der Waals surface area contributed by atoms with Crippen LogP contribution in [0.2, 0.25) is 0 Å². The standard InChI is InChI=1S/C16H23N3O3/c1-4-18-10-16(9-13(18)20)5-7-19(8-6-16)15(21)14-11(2)17-12(3)22-14/h4-10H2,1-3H3. The highest BCUT2D eigenvalue weighted by atomic mass is 16.4. The van der Waals surface area contributed by atoms with Crippen molar-refractivity contribution < 1.29 is 14.0 Å². The molecule has 3 rings (SSSR count). The second kappa shape index (κ2) is 5.41. The number of carbonyl (C=O) groups is 2. The Morgan fingerprint density at radius 1 is 1.32 bits per heavy atom. The van der Waals surface area contributed by atoms with Gasteiger partial charge in [0.2, 0.25) is 11.7 Å². The van der Waals surface area contributed by atoms with Gasteiger partial charge in [0, 0.05) is 44.9 Å². The first-order valence-corrected chi connectivity index (χ1v) is 7.95. The number of hydrogen-bond donors (Lipinski definition) is 0. The maximum Gasteiger partial charge on any atom is 0.291 e. The molecule has 0 bridgehead atoms. The number of hydrogen-bond acceptors (Lipinski definition) is 4. The molecule has 22 heavy (non-hydrogen) atoms. The molecule has 2 amide bonds. The third kappa shape index (κ3) is 2.51. The van der Waals surface area contributed by atoms with Crippen molar-refractivity contribution in [3.63, 3.8) is 0 Å². The number of carbonyl (C=O) groups excluding carboxylic acids is 2. The Morgan fingerprint density at radius 3 is 2.50 bits per heavy atom. The molecule has 3 heterocycles. The summed E-state index contributed by atoms with van der Waals surface area (Å²) < 4.78 is 5.43. The molecule has 2 aliphatic rings. The molecule has 1 aromatic rings. The van der Waals surface area contributed by atoms with E-state index in [1.54, 1.807) is 13.8 Å². The second-order valence-electron chi connectivity index (χ2n) is 6.52. The van der Waals surface area contributed by atoms with Gasteiger partial charge in [0.05, 0.1) is 5.69 Å². The molecule has 120 valence electrons. The van der Waals surface area contributed by atoms with Gasteiger partial charge in [0.1, 0.15) is 0 Å². The second-order valence-corrected chi connectivity index (χ2v) is 6.52. The Labute approximate surface area is 130 Å². The molecule has 0 unspecified atom stereocenters. The van der Waals surface area contributed by atoms with Gasteiger partial charge in [0.25, 0.3) is 5.91 Å². The first-order valence-electron chi connectivity index (χ1n) is 7.95. The lowest BCUT2D eigenvalue weighted by Crippen LogP contribution is -2.44. The van der Waals surface area contributed by atoms with Crippen LogP contribution in [-0.2, 0) is 4.79 Å². The van der Waals surface area contributed by atoms with Gasteiger partial charge < -0.3 is 14.2 Å². The van der Waals surface area contributed by atoms with Crippen LogP contribution in [0.4, 0.5) is 0 Å². The summed E-state index contributed by atoms with van der Waals surface area (Å²) in [5.74, 6) is 1.05. The fourth-order valence-electron chi connectivity index (χ4n) is 3.66. The Morgan fingerprint density at radius 2 is 2.00 bits per heavy atom. The molecule has 6 nitrogen and oxygen atoms in total. The first kappa shape index (κ1) is 15.1. The first-order chi connectivity index (χ1) is 10.4. The van der Waals surface area contributed by atoms with Gasteiger partial charge in [-0.3, -0.25) is 9.59 Å². The SMILES string of the molecule is CCN1CC2(CCN(C(=O)c3oc(C)nc3C)CC2)CC1=O. The molecule has 0 aliphatic carbocycles. The van der Waals surface area contributed by atoms with Gasteiger partial charge in [-0.15, -0.1) is 0 Å². The van der Waals surface area contributed by atoms with Crippen LogP contribution in [0.15, 0.2) is 4.42 Å². The molecular weight excluding hydrogens is 282 g/mol. The highest BCUT2D eigenvalue weighted by Crippen LogP contribution is 2.41. The number of oxazole rings is 1. The van der Waals surface area contributed by atoms with Crippen LogP contribution < -0.4 is 0 Å². The number of aryl methyl sites for hydroxylation is 2. The zero-order chi connectivity index (χ0) is 15.9. The molecule has 0 N–H and O–H groups in total. The van der Waals surface area contributed by atoms with Crippen molar-refractivity contribution in [2.75, 3.05) is 26.2 Å². The summed E-state index contributed by atoms with van der Waals surface area (Å²) in [6, 6.07) is 0. The smallest absolute Gasteiger partial charge is 0.291 e. The molecule has 2 saturated heterocycles. The van der Waals surface area contributed by atoms with Crippen molar-refractivity contribution in [3.05, 3.63) is 17.3 Å². The molecule has 0 aromatic carbocycles. The minimum atomic E-state index is -0.0791. The van der Waals surface area contributed by atoms with Crippen molar-refractivity contribution in [3.8, 4) is 0 Å². The summed E-state index contributed by atoms with van der Waals surface area (Å²) in [5, 5.41) is 0. The summed E-state index contributed by atoms with van der Waals surface area (Å²) in [6.45, 7) is 8.54. The Kier molecular flexibility index (Phi) is 3.70. The van der Waals surface area contributed by atoms with Gasteiger partial charge in [-0.25, -0.2) is 4.98 Å². The average molecular weight is 305 g/mol. The van der Waals surface area contributed by atoms with E-state index < -0.39 is 0 Å². The number of aromatic nitrogens is 1. The fourth-order valence-corrected chi connectivity index (χ4v) is 3.66. The third-order valence-corrected chi connectivity index (χ3v) is 5.00. The largest absolute Gasteiger partial charge is 0.436 e. The summed E-state index contributed by atoms with van der Waals surface area (Å²) in [6.07, 6.45) is 2.39. The monoisotopic (exact) mass is 305 g/mol. The van der Waals surface area contributed by atoms with E-state index in [9.17, 15) is 9.59 Å². The number of piperidine rings is 1. The summed E-state index contributed by atoms with van der Waals surface area (Å²) in [7, 11) is 0. The van der Waals surface area contributed by atoms with Gasteiger partial charge in [-0.05, 0) is 26.7 Å². The number of likely N-dealkylation sites (tertiary alicyclic amines) is 2. The molecular formula is C16H23N3O3. The summed E-state index contributed by atoms with van der Waals surface area (Å²) in [5.41, 5.74) is 0.715. The van der Waals surface area contributed by atoms with Crippen molar-refractivity contribution in [1.29, 1.82) is 0 Å². The molecule has 0 atom stereocenters. The van der Waals surface area contributed by atoms with Crippen molar-refractivity contribution in [1.82, 2.24) is 14.8 Å². The molecule has 0 radical (unpaired) electrons. The normalized spacial score (nSPS) is 21.0. The van der Waals surface area contributed by atoms with Crippen LogP contribution in [0.25, 0.3) is 0 Å². The Balaban J connectivity index is 1.66. The van der Waals surface area contributed by atoms with E-state index in [2.05, 4.69) is 4.98 Å². The summed E-state index contributed by atoms with van der Waals surface area (Å²) >= 11 is 0. The number of amides is 2. The molecule has 1 spiro atoms. The summed E-state index contributed by atoms with van der Waals surface area (Å²) in [4.78, 5) is 32.4. The van der Waals surface area contributed by atoms with Crippen LogP contribution in [0.1, 0.15) is 48.3 Å². The van der Waals surface area contributed by atoms with Crippen LogP contribution in [0.5, 0.6) is 0 Å². The zero-order valence-corrected chi connectivity index (χ0v) is 13.5. The minimum Gasteiger partial charge on any atom is -0.436 e. The van der Waals surface area contributed by atoms with Crippen molar-refractivity contribution >= 4 is 11.8 Å². The molecule has 6 heteroatoms. The lowest BCUT2D eigenvalue weighted by Gasteiger charge is -2.38. The quantitative estimate of drug-likeness (QED) is 0.835. The Hall–Kier alpha value is -1.85. The van der Waals surface area contributed by atoms with E-state index in [0.717, 1.165) is 25.9 Å². The third-order valence-electron chi connectivity index (χ3n) is 5.00. The maximum absolute atomic E-state index is 12.5. The van der Waals surface area contributed by atoms with Crippen LogP contribution in [0, 0.1) is 19.3 Å². The average Bonchev–Trinajstić information content (AvgIpc) is 2.98. The predicted octanol–water partition coefficient (Wildman–Crippen LogP) is 1.77. The Bertz CT molecular complexity index is 600. The van der Waals surface area contributed by atoms with Gasteiger partial charge in [-0.1, -0.05) is 0 Å². The minimum absolute atomic E-state index is 0.0657. The van der Waals surface area contributed by atoms with Crippen molar-refractivity contribution in [2.24, 2.45) is 5.41 Å². The highest BCUT2D eigenvalue weighted by molar-refractivity contribution is 5.92. The lowest BCUT2D eigenvalue weighted by molar-refractivity contribution is -0.127. The molecule has 2 aliphatic heterocycles. The van der Waals surface area contributed by atoms with Crippen LogP contribution in [0.3, 0.4) is 0 Å². The van der Waals surface area contributed by atoms with Crippen LogP contribution in [-0.4, -0.2) is 52.8 Å². The van der Waals surface area contributed by atoms with E-state index in [4.69, 9.17) is 4.42 Å². The van der Waals surface area contributed by atoms with E-state index in [-0.39, 0.29) is 17.2 Å². The number of nitrogens with zero attached hydrogens (tertiary/aromatic N) is 3. The topological polar surface area (TPSA) is 66.7 Å². The lowest BCUT2D eigenvalue weighted by atomic mass is 9.77. The van der Waals surface area contributed by atoms with E-state index in [0.29, 0.717) is 36.9 Å². The highest BCUT2D eigenvalue weighted by Gasteiger charge is 2.45. The molecule has 2 fully saturated rings. The van der Waals surface area contributed by atoms with Gasteiger partial charge in [0.15, 0.2) is 5.89 Å². The molecule has 1 aromatic heterocycles. The fraction of sp³-hybridized carbons (Fsp3) is 0.688. The predicted molar refractivity (Wildman–Crippen MR) is 80.4 cm³/mol. The van der Waals surface area contributed by atoms with E-state index >= 15 is 0 Å². The zero-order valence-electron chi connectivity index (χ0n) is 13.5. The van der Waals surface area contributed by atoms with Gasteiger partial charge in [-0.2, -0.15) is 0 Å². The maximum atomic E-state index is 12.5. The van der Waals surface area contributed by atoms with Gasteiger partial charge >= 0.3 is 0 Å².